The molecule has 1 atom stereocenters. The molecule has 32 heavy (non-hydrogen) atoms. The molecule has 3 amide bonds. The Morgan fingerprint density at radius 2 is 1.81 bits per heavy atom. The zero-order valence-corrected chi connectivity index (χ0v) is 18.2. The van der Waals surface area contributed by atoms with Crippen molar-refractivity contribution in [3.8, 4) is 0 Å². The molecule has 0 spiro atoms. The van der Waals surface area contributed by atoms with Crippen molar-refractivity contribution in [1.82, 2.24) is 0 Å². The highest BCUT2D eigenvalue weighted by atomic mass is 19.1. The molecule has 3 rings (SSSR count). The predicted molar refractivity (Wildman–Crippen MR) is 118 cm³/mol. The van der Waals surface area contributed by atoms with Crippen LogP contribution in [0.3, 0.4) is 0 Å². The summed E-state index contributed by atoms with van der Waals surface area (Å²) in [5, 5.41) is 7.83. The molecule has 0 radical (unpaired) electrons. The average molecular weight is 443 g/mol. The Morgan fingerprint density at radius 3 is 2.50 bits per heavy atom. The van der Waals surface area contributed by atoms with Gasteiger partial charge in [0.1, 0.15) is 17.5 Å². The van der Waals surface area contributed by atoms with Crippen molar-refractivity contribution in [1.29, 1.82) is 0 Å². The van der Waals surface area contributed by atoms with Gasteiger partial charge in [0.2, 0.25) is 0 Å². The van der Waals surface area contributed by atoms with Crippen molar-refractivity contribution < 1.29 is 28.2 Å². The fraction of sp³-hybridized carbons (Fsp3) is 0.348. The monoisotopic (exact) mass is 443 g/mol. The van der Waals surface area contributed by atoms with Crippen LogP contribution in [0.5, 0.6) is 0 Å². The van der Waals surface area contributed by atoms with Crippen molar-refractivity contribution in [2.45, 2.75) is 45.3 Å². The Labute approximate surface area is 185 Å². The van der Waals surface area contributed by atoms with Gasteiger partial charge in [0.05, 0.1) is 11.4 Å². The highest BCUT2D eigenvalue weighted by Crippen LogP contribution is 2.25. The lowest BCUT2D eigenvalue weighted by Crippen LogP contribution is -2.27. The topological polar surface area (TPSA) is 106 Å². The number of carbonyl (C=O) groups is 3. The largest absolute Gasteiger partial charge is 0.444 e. The van der Waals surface area contributed by atoms with Crippen LogP contribution in [0, 0.1) is 5.82 Å². The molecule has 0 aliphatic carbocycles. The van der Waals surface area contributed by atoms with Gasteiger partial charge in [-0.25, -0.2) is 9.18 Å². The Bertz CT molecular complexity index is 1010. The van der Waals surface area contributed by atoms with Gasteiger partial charge in [-0.3, -0.25) is 14.9 Å². The van der Waals surface area contributed by atoms with Crippen LogP contribution in [0.15, 0.2) is 42.5 Å². The minimum Gasteiger partial charge on any atom is -0.444 e. The van der Waals surface area contributed by atoms with Crippen LogP contribution in [-0.4, -0.2) is 36.2 Å². The van der Waals surface area contributed by atoms with Gasteiger partial charge < -0.3 is 20.1 Å². The third kappa shape index (κ3) is 6.52. The first-order valence-electron chi connectivity index (χ1n) is 10.2. The molecule has 1 aliphatic heterocycles. The summed E-state index contributed by atoms with van der Waals surface area (Å²) in [5.41, 5.74) is 0.195. The van der Waals surface area contributed by atoms with E-state index in [1.165, 1.54) is 12.1 Å². The van der Waals surface area contributed by atoms with E-state index < -0.39 is 29.5 Å². The normalized spacial score (nSPS) is 15.7. The molecule has 1 heterocycles. The number of carbonyl (C=O) groups excluding carboxylic acids is 3. The third-order valence-corrected chi connectivity index (χ3v) is 4.48. The minimum atomic E-state index is -0.738. The Morgan fingerprint density at radius 1 is 1.03 bits per heavy atom. The molecule has 0 bridgehead atoms. The van der Waals surface area contributed by atoms with Crippen LogP contribution < -0.4 is 16.0 Å². The molecule has 9 heteroatoms. The SMILES string of the molecule is CC(C)(C)OC(=O)Nc1ccc(F)cc1NC(=O)c1cccc(NC(=O)C2CCCO2)c1. The van der Waals surface area contributed by atoms with Gasteiger partial charge in [0.15, 0.2) is 0 Å². The molecule has 0 aromatic heterocycles. The van der Waals surface area contributed by atoms with Gasteiger partial charge in [-0.05, 0) is 70.0 Å². The van der Waals surface area contributed by atoms with E-state index in [-0.39, 0.29) is 22.8 Å². The van der Waals surface area contributed by atoms with Crippen LogP contribution in [0.1, 0.15) is 44.0 Å². The van der Waals surface area contributed by atoms with Crippen molar-refractivity contribution >= 4 is 35.0 Å². The maximum Gasteiger partial charge on any atom is 0.412 e. The number of benzene rings is 2. The zero-order valence-electron chi connectivity index (χ0n) is 18.2. The summed E-state index contributed by atoms with van der Waals surface area (Å²) in [6.07, 6.45) is 0.243. The highest BCUT2D eigenvalue weighted by Gasteiger charge is 2.24. The lowest BCUT2D eigenvalue weighted by atomic mass is 10.1. The number of hydrogen-bond donors (Lipinski definition) is 3. The number of rotatable bonds is 5. The van der Waals surface area contributed by atoms with Gasteiger partial charge in [-0.1, -0.05) is 6.07 Å². The van der Waals surface area contributed by atoms with Crippen molar-refractivity contribution in [2.75, 3.05) is 22.6 Å². The first-order chi connectivity index (χ1) is 15.1. The molecule has 1 saturated heterocycles. The highest BCUT2D eigenvalue weighted by molar-refractivity contribution is 6.07. The van der Waals surface area contributed by atoms with E-state index in [9.17, 15) is 18.8 Å². The lowest BCUT2D eigenvalue weighted by molar-refractivity contribution is -0.124. The number of halogens is 1. The first kappa shape index (κ1) is 23.2. The maximum absolute atomic E-state index is 13.8. The second-order valence-electron chi connectivity index (χ2n) is 8.34. The van der Waals surface area contributed by atoms with E-state index in [4.69, 9.17) is 9.47 Å². The quantitative estimate of drug-likeness (QED) is 0.629. The molecule has 2 aromatic carbocycles. The fourth-order valence-corrected chi connectivity index (χ4v) is 3.08. The predicted octanol–water partition coefficient (Wildman–Crippen LogP) is 4.54. The molecular formula is C23H26FN3O5. The summed E-state index contributed by atoms with van der Waals surface area (Å²) in [5.74, 6) is -1.40. The summed E-state index contributed by atoms with van der Waals surface area (Å²) < 4.78 is 24.4. The van der Waals surface area contributed by atoms with Crippen molar-refractivity contribution in [2.24, 2.45) is 0 Å². The number of nitrogens with one attached hydrogen (secondary N) is 3. The molecular weight excluding hydrogens is 417 g/mol. The number of hydrogen-bond acceptors (Lipinski definition) is 5. The zero-order chi connectivity index (χ0) is 23.3. The van der Waals surface area contributed by atoms with E-state index in [1.807, 2.05) is 0 Å². The van der Waals surface area contributed by atoms with E-state index >= 15 is 0 Å². The molecule has 1 unspecified atom stereocenters. The number of amides is 3. The van der Waals surface area contributed by atoms with Gasteiger partial charge in [0.25, 0.3) is 11.8 Å². The van der Waals surface area contributed by atoms with E-state index in [1.54, 1.807) is 39.0 Å². The third-order valence-electron chi connectivity index (χ3n) is 4.48. The second-order valence-corrected chi connectivity index (χ2v) is 8.34. The second kappa shape index (κ2) is 9.78. The summed E-state index contributed by atoms with van der Waals surface area (Å²) >= 11 is 0. The summed E-state index contributed by atoms with van der Waals surface area (Å²) in [6.45, 7) is 5.69. The Hall–Kier alpha value is -3.46. The Balaban J connectivity index is 1.72. The van der Waals surface area contributed by atoms with Crippen LogP contribution in [0.2, 0.25) is 0 Å². The molecule has 170 valence electrons. The van der Waals surface area contributed by atoms with E-state index in [2.05, 4.69) is 16.0 Å². The maximum atomic E-state index is 13.8. The number of anilines is 3. The van der Waals surface area contributed by atoms with Crippen molar-refractivity contribution in [3.63, 3.8) is 0 Å². The van der Waals surface area contributed by atoms with Crippen LogP contribution in [0.4, 0.5) is 26.2 Å². The Kier molecular flexibility index (Phi) is 7.09. The average Bonchev–Trinajstić information content (AvgIpc) is 3.24. The molecule has 2 aromatic rings. The molecule has 3 N–H and O–H groups in total. The molecule has 8 nitrogen and oxygen atoms in total. The summed E-state index contributed by atoms with van der Waals surface area (Å²) in [4.78, 5) is 37.1. The van der Waals surface area contributed by atoms with E-state index in [0.29, 0.717) is 18.7 Å². The van der Waals surface area contributed by atoms with Gasteiger partial charge in [0, 0.05) is 17.9 Å². The summed E-state index contributed by atoms with van der Waals surface area (Å²) in [6, 6.07) is 9.90. The standard InChI is InChI=1S/C23H26FN3O5/c1-23(2,3)32-22(30)27-17-10-9-15(24)13-18(17)26-20(28)14-6-4-7-16(12-14)25-21(29)19-8-5-11-31-19/h4,6-7,9-10,12-13,19H,5,8,11H2,1-3H3,(H,25,29)(H,26,28)(H,27,30). The fourth-order valence-electron chi connectivity index (χ4n) is 3.08. The van der Waals surface area contributed by atoms with Gasteiger partial charge in [-0.2, -0.15) is 0 Å². The molecule has 0 saturated carbocycles. The summed E-state index contributed by atoms with van der Waals surface area (Å²) in [7, 11) is 0. The van der Waals surface area contributed by atoms with Crippen LogP contribution >= 0.6 is 0 Å². The first-order valence-corrected chi connectivity index (χ1v) is 10.2. The lowest BCUT2D eigenvalue weighted by Gasteiger charge is -2.20. The molecule has 1 aliphatic rings. The minimum absolute atomic E-state index is 0.0645. The van der Waals surface area contributed by atoms with E-state index in [0.717, 1.165) is 18.6 Å². The number of ether oxygens (including phenoxy) is 2. The smallest absolute Gasteiger partial charge is 0.412 e. The van der Waals surface area contributed by atoms with Gasteiger partial charge in [-0.15, -0.1) is 0 Å². The van der Waals surface area contributed by atoms with Gasteiger partial charge >= 0.3 is 6.09 Å². The van der Waals surface area contributed by atoms with Crippen molar-refractivity contribution in [3.05, 3.63) is 53.8 Å². The molecule has 1 fully saturated rings. The van der Waals surface area contributed by atoms with Crippen LogP contribution in [0.25, 0.3) is 0 Å². The van der Waals surface area contributed by atoms with Crippen LogP contribution in [-0.2, 0) is 14.3 Å².